The second kappa shape index (κ2) is 4.31. The first-order valence-corrected chi connectivity index (χ1v) is 4.45. The minimum absolute atomic E-state index is 0.160. The van der Waals surface area contributed by atoms with Crippen molar-refractivity contribution in [2.45, 2.75) is 13.0 Å². The van der Waals surface area contributed by atoms with Crippen molar-refractivity contribution in [3.8, 4) is 11.8 Å². The monoisotopic (exact) mass is 269 g/mol. The van der Waals surface area contributed by atoms with Gasteiger partial charge in [0.1, 0.15) is 0 Å². The lowest BCUT2D eigenvalue weighted by molar-refractivity contribution is -0.274. The molecular formula is C9H4F5NO3. The highest BCUT2D eigenvalue weighted by molar-refractivity contribution is 5.80. The standard InChI is InChI=1S/C9H4F5NO3/c10-7(11)17-8-15-6-4(16-8)2-1-3-5(6)18-9(12,13)14/h1-3,7H. The van der Waals surface area contributed by atoms with E-state index in [-0.39, 0.29) is 11.1 Å². The van der Waals surface area contributed by atoms with Crippen molar-refractivity contribution < 1.29 is 35.8 Å². The van der Waals surface area contributed by atoms with Gasteiger partial charge in [0.15, 0.2) is 16.8 Å². The molecule has 2 aromatic rings. The molecule has 0 spiro atoms. The second-order valence-electron chi connectivity index (χ2n) is 3.01. The zero-order chi connectivity index (χ0) is 13.3. The van der Waals surface area contributed by atoms with Crippen LogP contribution in [0.15, 0.2) is 22.6 Å². The number of aromatic nitrogens is 1. The average Bonchev–Trinajstić information content (AvgIpc) is 2.57. The number of oxazole rings is 1. The number of para-hydroxylation sites is 1. The maximum Gasteiger partial charge on any atom is 0.573 e. The summed E-state index contributed by atoms with van der Waals surface area (Å²) in [6.07, 6.45) is -5.75. The summed E-state index contributed by atoms with van der Waals surface area (Å²) >= 11 is 0. The molecule has 0 aliphatic rings. The average molecular weight is 269 g/mol. The molecule has 0 radical (unpaired) electrons. The lowest BCUT2D eigenvalue weighted by Gasteiger charge is -2.07. The van der Waals surface area contributed by atoms with Gasteiger partial charge in [0.2, 0.25) is 0 Å². The van der Waals surface area contributed by atoms with E-state index in [9.17, 15) is 22.0 Å². The van der Waals surface area contributed by atoms with E-state index in [2.05, 4.69) is 18.9 Å². The van der Waals surface area contributed by atoms with E-state index in [1.54, 1.807) is 0 Å². The molecule has 0 atom stereocenters. The molecule has 0 saturated heterocycles. The van der Waals surface area contributed by atoms with Crippen molar-refractivity contribution in [3.05, 3.63) is 18.2 Å². The minimum Gasteiger partial charge on any atom is -0.409 e. The fourth-order valence-corrected chi connectivity index (χ4v) is 1.24. The zero-order valence-electron chi connectivity index (χ0n) is 8.37. The van der Waals surface area contributed by atoms with Gasteiger partial charge in [0.05, 0.1) is 0 Å². The molecule has 1 heterocycles. The van der Waals surface area contributed by atoms with Gasteiger partial charge in [-0.1, -0.05) is 6.07 Å². The van der Waals surface area contributed by atoms with Crippen LogP contribution in [-0.2, 0) is 0 Å². The molecule has 2 rings (SSSR count). The van der Waals surface area contributed by atoms with Crippen LogP contribution in [0.5, 0.6) is 11.8 Å². The van der Waals surface area contributed by atoms with Gasteiger partial charge in [0, 0.05) is 0 Å². The second-order valence-corrected chi connectivity index (χ2v) is 3.01. The lowest BCUT2D eigenvalue weighted by Crippen LogP contribution is -2.17. The number of benzene rings is 1. The number of hydrogen-bond donors (Lipinski definition) is 0. The van der Waals surface area contributed by atoms with Crippen molar-refractivity contribution in [1.29, 1.82) is 0 Å². The molecule has 1 aromatic carbocycles. The summed E-state index contributed by atoms with van der Waals surface area (Å²) < 4.78 is 72.1. The summed E-state index contributed by atoms with van der Waals surface area (Å²) in [5.41, 5.74) is -0.516. The van der Waals surface area contributed by atoms with Gasteiger partial charge in [-0.25, -0.2) is 0 Å². The Balaban J connectivity index is 2.39. The molecule has 18 heavy (non-hydrogen) atoms. The van der Waals surface area contributed by atoms with Crippen LogP contribution in [-0.4, -0.2) is 18.0 Å². The number of nitrogens with zero attached hydrogens (tertiary/aromatic N) is 1. The molecule has 0 bridgehead atoms. The third-order valence-electron chi connectivity index (χ3n) is 1.78. The Morgan fingerprint density at radius 2 is 1.94 bits per heavy atom. The zero-order valence-corrected chi connectivity index (χ0v) is 8.37. The molecule has 0 saturated carbocycles. The van der Waals surface area contributed by atoms with Gasteiger partial charge < -0.3 is 13.9 Å². The number of alkyl halides is 5. The van der Waals surface area contributed by atoms with E-state index < -0.39 is 24.8 Å². The Morgan fingerprint density at radius 1 is 1.22 bits per heavy atom. The third-order valence-corrected chi connectivity index (χ3v) is 1.78. The quantitative estimate of drug-likeness (QED) is 0.802. The number of ether oxygens (including phenoxy) is 2. The molecule has 4 nitrogen and oxygen atoms in total. The maximum absolute atomic E-state index is 12.1. The lowest BCUT2D eigenvalue weighted by atomic mass is 10.3. The number of rotatable bonds is 3. The Hall–Kier alpha value is -2.06. The molecule has 0 aliphatic heterocycles. The van der Waals surface area contributed by atoms with E-state index in [4.69, 9.17) is 0 Å². The van der Waals surface area contributed by atoms with Crippen molar-refractivity contribution in [2.75, 3.05) is 0 Å². The fourth-order valence-electron chi connectivity index (χ4n) is 1.24. The maximum atomic E-state index is 12.1. The largest absolute Gasteiger partial charge is 0.573 e. The van der Waals surface area contributed by atoms with Crippen molar-refractivity contribution >= 4 is 11.1 Å². The summed E-state index contributed by atoms with van der Waals surface area (Å²) in [4.78, 5) is 3.34. The number of hydrogen-bond acceptors (Lipinski definition) is 4. The Kier molecular flexibility index (Phi) is 2.97. The Bertz CT molecular complexity index is 551. The first-order chi connectivity index (χ1) is 8.35. The molecule has 0 N–H and O–H groups in total. The van der Waals surface area contributed by atoms with Gasteiger partial charge in [0.25, 0.3) is 0 Å². The molecule has 0 fully saturated rings. The van der Waals surface area contributed by atoms with E-state index in [0.29, 0.717) is 0 Å². The summed E-state index contributed by atoms with van der Waals surface area (Å²) in [6.45, 7) is -3.19. The topological polar surface area (TPSA) is 44.5 Å². The molecule has 98 valence electrons. The van der Waals surface area contributed by atoms with Crippen LogP contribution >= 0.6 is 0 Å². The normalized spacial score (nSPS) is 12.1. The van der Waals surface area contributed by atoms with E-state index >= 15 is 0 Å². The molecule has 9 heteroatoms. The fraction of sp³-hybridized carbons (Fsp3) is 0.222. The van der Waals surface area contributed by atoms with Gasteiger partial charge in [-0.2, -0.15) is 13.8 Å². The third kappa shape index (κ3) is 2.79. The van der Waals surface area contributed by atoms with Gasteiger partial charge in [-0.05, 0) is 12.1 Å². The van der Waals surface area contributed by atoms with Gasteiger partial charge in [-0.15, -0.1) is 13.2 Å². The summed E-state index contributed by atoms with van der Waals surface area (Å²) in [5.74, 6) is -0.659. The smallest absolute Gasteiger partial charge is 0.409 e. The molecule has 0 unspecified atom stereocenters. The van der Waals surface area contributed by atoms with Crippen LogP contribution in [0.25, 0.3) is 11.1 Å². The van der Waals surface area contributed by atoms with Crippen molar-refractivity contribution in [3.63, 3.8) is 0 Å². The highest BCUT2D eigenvalue weighted by atomic mass is 19.4. The predicted molar refractivity (Wildman–Crippen MR) is 47.3 cm³/mol. The molecule has 0 amide bonds. The van der Waals surface area contributed by atoms with E-state index in [1.807, 2.05) is 0 Å². The van der Waals surface area contributed by atoms with Crippen LogP contribution in [0.3, 0.4) is 0 Å². The first-order valence-electron chi connectivity index (χ1n) is 4.45. The molecule has 0 aliphatic carbocycles. The highest BCUT2D eigenvalue weighted by Crippen LogP contribution is 2.32. The van der Waals surface area contributed by atoms with Crippen molar-refractivity contribution in [1.82, 2.24) is 4.98 Å². The van der Waals surface area contributed by atoms with Crippen LogP contribution in [0.2, 0.25) is 0 Å². The summed E-state index contributed by atoms with van der Waals surface area (Å²) in [6, 6.07) is 3.41. The molecule has 1 aromatic heterocycles. The van der Waals surface area contributed by atoms with Crippen LogP contribution in [0.4, 0.5) is 22.0 Å². The van der Waals surface area contributed by atoms with Crippen LogP contribution < -0.4 is 9.47 Å². The summed E-state index contributed by atoms with van der Waals surface area (Å²) in [5, 5.41) is 0. The Morgan fingerprint density at radius 3 is 2.56 bits per heavy atom. The first kappa shape index (κ1) is 12.4. The van der Waals surface area contributed by atoms with E-state index in [0.717, 1.165) is 6.07 Å². The number of halogens is 5. The Labute approximate surface area is 95.9 Å². The van der Waals surface area contributed by atoms with Crippen molar-refractivity contribution in [2.24, 2.45) is 0 Å². The highest BCUT2D eigenvalue weighted by Gasteiger charge is 2.32. The predicted octanol–water partition coefficient (Wildman–Crippen LogP) is 3.33. The van der Waals surface area contributed by atoms with E-state index in [1.165, 1.54) is 12.1 Å². The molecular weight excluding hydrogens is 265 g/mol. The van der Waals surface area contributed by atoms with Crippen LogP contribution in [0.1, 0.15) is 0 Å². The van der Waals surface area contributed by atoms with Crippen LogP contribution in [0, 0.1) is 0 Å². The SMILES string of the molecule is FC(F)Oc1nc2c(OC(F)(F)F)cccc2o1. The number of fused-ring (bicyclic) bond motifs is 1. The van der Waals surface area contributed by atoms with Gasteiger partial charge >= 0.3 is 19.1 Å². The summed E-state index contributed by atoms with van der Waals surface area (Å²) in [7, 11) is 0. The minimum atomic E-state index is -4.92. The van der Waals surface area contributed by atoms with Gasteiger partial charge in [-0.3, -0.25) is 0 Å².